The van der Waals surface area contributed by atoms with E-state index in [0.29, 0.717) is 11.5 Å². The second-order valence-corrected chi connectivity index (χ2v) is 18.7. The summed E-state index contributed by atoms with van der Waals surface area (Å²) >= 11 is 17.4. The van der Waals surface area contributed by atoms with E-state index >= 15 is 0 Å². The van der Waals surface area contributed by atoms with Crippen LogP contribution in [0.5, 0.6) is 11.5 Å². The Kier molecular flexibility index (Phi) is 9.48. The zero-order valence-electron chi connectivity index (χ0n) is 22.7. The van der Waals surface area contributed by atoms with Crippen molar-refractivity contribution in [2.75, 3.05) is 25.2 Å². The third-order valence-corrected chi connectivity index (χ3v) is 13.8. The van der Waals surface area contributed by atoms with E-state index in [-0.39, 0.29) is 40.8 Å². The summed E-state index contributed by atoms with van der Waals surface area (Å²) in [5.41, 5.74) is 0.860. The fraction of sp³-hybridized carbons (Fsp3) is 0.680. The Balaban J connectivity index is 2.22. The standard InChI is InChI=1S/C25H37Cl3N2O7Si/c1-13(2)38(14(3)4,15(5)6)37-21-10-18-17(9-20(21)35-7)22(32)29-11-16(31)8-19(29)23(33)30(18)24(34)36-12-25(26,27)28/h9-10,13-16,19,23,31,33H,8,11-12H2,1-7H3/t16-,19+,23?/m1/s1. The molecule has 9 nitrogen and oxygen atoms in total. The number of carbonyl (C=O) groups excluding carboxylic acids is 2. The van der Waals surface area contributed by atoms with E-state index in [1.165, 1.54) is 18.1 Å². The van der Waals surface area contributed by atoms with Gasteiger partial charge < -0.3 is 29.0 Å². The van der Waals surface area contributed by atoms with E-state index in [2.05, 4.69) is 41.5 Å². The van der Waals surface area contributed by atoms with Gasteiger partial charge in [0.2, 0.25) is 3.79 Å². The van der Waals surface area contributed by atoms with E-state index < -0.39 is 49.1 Å². The Hall–Kier alpha value is -1.43. The summed E-state index contributed by atoms with van der Waals surface area (Å²) in [6, 6.07) is 2.16. The first-order chi connectivity index (χ1) is 17.5. The number of hydrogen-bond acceptors (Lipinski definition) is 7. The molecule has 0 aliphatic carbocycles. The van der Waals surface area contributed by atoms with Gasteiger partial charge >= 0.3 is 6.09 Å². The van der Waals surface area contributed by atoms with Gasteiger partial charge in [-0.2, -0.15) is 0 Å². The molecule has 2 amide bonds. The molecular formula is C25H37Cl3N2O7Si. The minimum absolute atomic E-state index is 0.00167. The Morgan fingerprint density at radius 2 is 1.66 bits per heavy atom. The maximum absolute atomic E-state index is 13.7. The number of carbonyl (C=O) groups is 2. The first-order valence-electron chi connectivity index (χ1n) is 12.7. The zero-order valence-corrected chi connectivity index (χ0v) is 26.0. The minimum atomic E-state index is -2.49. The highest BCUT2D eigenvalue weighted by molar-refractivity contribution is 6.78. The van der Waals surface area contributed by atoms with Crippen LogP contribution in [-0.2, 0) is 4.74 Å². The predicted octanol–water partition coefficient (Wildman–Crippen LogP) is 5.47. The van der Waals surface area contributed by atoms with Crippen molar-refractivity contribution in [2.45, 2.75) is 86.8 Å². The highest BCUT2D eigenvalue weighted by atomic mass is 35.6. The average Bonchev–Trinajstić information content (AvgIpc) is 3.18. The number of aliphatic hydroxyl groups excluding tert-OH is 2. The van der Waals surface area contributed by atoms with Crippen molar-refractivity contribution in [3.05, 3.63) is 17.7 Å². The van der Waals surface area contributed by atoms with Crippen LogP contribution >= 0.6 is 34.8 Å². The van der Waals surface area contributed by atoms with Crippen LogP contribution in [-0.4, -0.2) is 77.9 Å². The number of aliphatic hydroxyl groups is 2. The molecule has 13 heteroatoms. The second kappa shape index (κ2) is 11.6. The van der Waals surface area contributed by atoms with Crippen LogP contribution in [0.25, 0.3) is 0 Å². The summed E-state index contributed by atoms with van der Waals surface area (Å²) in [5.74, 6) is 0.204. The summed E-state index contributed by atoms with van der Waals surface area (Å²) < 4.78 is 15.9. The monoisotopic (exact) mass is 610 g/mol. The molecule has 2 aliphatic rings. The van der Waals surface area contributed by atoms with Gasteiger partial charge in [-0.3, -0.25) is 4.79 Å². The first-order valence-corrected chi connectivity index (χ1v) is 15.9. The van der Waals surface area contributed by atoms with Crippen molar-refractivity contribution in [1.82, 2.24) is 4.90 Å². The highest BCUT2D eigenvalue weighted by Gasteiger charge is 2.50. The molecule has 1 saturated heterocycles. The van der Waals surface area contributed by atoms with Crippen molar-refractivity contribution in [3.63, 3.8) is 0 Å². The number of nitrogens with zero attached hydrogens (tertiary/aromatic N) is 2. The molecule has 38 heavy (non-hydrogen) atoms. The number of halogens is 3. The third-order valence-electron chi connectivity index (χ3n) is 7.51. The zero-order chi connectivity index (χ0) is 28.7. The predicted molar refractivity (Wildman–Crippen MR) is 150 cm³/mol. The van der Waals surface area contributed by atoms with Gasteiger partial charge in [-0.25, -0.2) is 9.69 Å². The first kappa shape index (κ1) is 31.1. The van der Waals surface area contributed by atoms with Gasteiger partial charge in [0.05, 0.1) is 30.5 Å². The summed E-state index contributed by atoms with van der Waals surface area (Å²) in [6.45, 7) is 12.2. The third kappa shape index (κ3) is 5.85. The van der Waals surface area contributed by atoms with Crippen molar-refractivity contribution in [1.29, 1.82) is 0 Å². The number of rotatable bonds is 7. The number of benzene rings is 1. The van der Waals surface area contributed by atoms with E-state index in [0.717, 1.165) is 4.90 Å². The molecule has 2 aliphatic heterocycles. The van der Waals surface area contributed by atoms with Crippen LogP contribution in [0.3, 0.4) is 0 Å². The fourth-order valence-electron chi connectivity index (χ4n) is 5.95. The number of hydrogen-bond donors (Lipinski definition) is 2. The van der Waals surface area contributed by atoms with E-state index in [9.17, 15) is 19.8 Å². The molecule has 3 atom stereocenters. The molecule has 0 spiro atoms. The summed E-state index contributed by atoms with van der Waals surface area (Å²) in [5, 5.41) is 21.6. The van der Waals surface area contributed by atoms with Crippen molar-refractivity contribution < 1.29 is 33.7 Å². The summed E-state index contributed by atoms with van der Waals surface area (Å²) in [6.07, 6.45) is -3.35. The number of anilines is 1. The maximum atomic E-state index is 13.7. The molecule has 0 radical (unpaired) electrons. The number of methoxy groups -OCH3 is 1. The molecule has 0 aromatic heterocycles. The second-order valence-electron chi connectivity index (χ2n) is 10.8. The lowest BCUT2D eigenvalue weighted by Crippen LogP contribution is -2.51. The van der Waals surface area contributed by atoms with Gasteiger partial charge in [-0.05, 0) is 29.1 Å². The van der Waals surface area contributed by atoms with Crippen molar-refractivity contribution in [3.8, 4) is 11.5 Å². The Labute approximate surface area is 240 Å². The van der Waals surface area contributed by atoms with Gasteiger partial charge in [-0.15, -0.1) is 0 Å². The van der Waals surface area contributed by atoms with Gasteiger partial charge in [0, 0.05) is 12.6 Å². The molecule has 2 heterocycles. The van der Waals surface area contributed by atoms with Crippen LogP contribution in [0.1, 0.15) is 58.3 Å². The molecule has 1 aromatic rings. The van der Waals surface area contributed by atoms with E-state index in [4.69, 9.17) is 48.7 Å². The Morgan fingerprint density at radius 3 is 2.16 bits per heavy atom. The topological polar surface area (TPSA) is 109 Å². The average molecular weight is 612 g/mol. The molecular weight excluding hydrogens is 575 g/mol. The minimum Gasteiger partial charge on any atom is -0.540 e. The van der Waals surface area contributed by atoms with Crippen molar-refractivity contribution >= 4 is 60.8 Å². The number of alkyl halides is 3. The number of fused-ring (bicyclic) bond motifs is 2. The van der Waals surface area contributed by atoms with Gasteiger partial charge in [0.15, 0.2) is 12.0 Å². The van der Waals surface area contributed by atoms with Crippen molar-refractivity contribution in [2.24, 2.45) is 0 Å². The molecule has 0 saturated carbocycles. The van der Waals surface area contributed by atoms with Crippen LogP contribution in [0.4, 0.5) is 10.5 Å². The smallest absolute Gasteiger partial charge is 0.416 e. The van der Waals surface area contributed by atoms with Crippen LogP contribution < -0.4 is 14.1 Å². The summed E-state index contributed by atoms with van der Waals surface area (Å²) in [4.78, 5) is 29.3. The van der Waals surface area contributed by atoms with Gasteiger partial charge in [0.25, 0.3) is 14.2 Å². The largest absolute Gasteiger partial charge is 0.540 e. The molecule has 1 aromatic carbocycles. The lowest BCUT2D eigenvalue weighted by Gasteiger charge is -2.42. The highest BCUT2D eigenvalue weighted by Crippen LogP contribution is 2.47. The quantitative estimate of drug-likeness (QED) is 0.311. The lowest BCUT2D eigenvalue weighted by molar-refractivity contribution is 0.0490. The van der Waals surface area contributed by atoms with Gasteiger partial charge in [0.1, 0.15) is 12.4 Å². The normalized spacial score (nSPS) is 22.1. The molecule has 1 unspecified atom stereocenters. The molecule has 3 rings (SSSR count). The Bertz CT molecular complexity index is 1030. The van der Waals surface area contributed by atoms with Crippen LogP contribution in [0.2, 0.25) is 16.6 Å². The molecule has 214 valence electrons. The fourth-order valence-corrected chi connectivity index (χ4v) is 11.4. The molecule has 0 bridgehead atoms. The SMILES string of the molecule is COc1cc2c(cc1O[Si](C(C)C)(C(C)C)C(C)C)N(C(=O)OCC(Cl)(Cl)Cl)C(O)[C@@H]1C[C@@H](O)CN1C2=O. The Morgan fingerprint density at radius 1 is 1.08 bits per heavy atom. The number of ether oxygens (including phenoxy) is 2. The maximum Gasteiger partial charge on any atom is 0.416 e. The van der Waals surface area contributed by atoms with Gasteiger partial charge in [-0.1, -0.05) is 76.3 Å². The number of amides is 2. The van der Waals surface area contributed by atoms with E-state index in [1.807, 2.05) is 0 Å². The van der Waals surface area contributed by atoms with Crippen LogP contribution in [0.15, 0.2) is 12.1 Å². The molecule has 2 N–H and O–H groups in total. The summed E-state index contributed by atoms with van der Waals surface area (Å²) in [7, 11) is -1.01. The van der Waals surface area contributed by atoms with Crippen LogP contribution in [0, 0.1) is 0 Å². The van der Waals surface area contributed by atoms with E-state index in [1.54, 1.807) is 6.07 Å². The lowest BCUT2D eigenvalue weighted by atomic mass is 10.1. The molecule has 1 fully saturated rings.